The molecule has 27 heavy (non-hydrogen) atoms. The second-order valence-electron chi connectivity index (χ2n) is 5.76. The number of ether oxygens (including phenoxy) is 2. The number of carboxylic acids is 1. The zero-order valence-electron chi connectivity index (χ0n) is 15.1. The maximum absolute atomic E-state index is 11.5. The third-order valence-corrected chi connectivity index (χ3v) is 4.30. The fourth-order valence-electron chi connectivity index (χ4n) is 3.07. The number of carbonyl (C=O) groups excluding carboxylic acids is 1. The van der Waals surface area contributed by atoms with E-state index in [1.54, 1.807) is 0 Å². The number of aldehydes is 1. The van der Waals surface area contributed by atoms with Crippen molar-refractivity contribution in [2.75, 3.05) is 14.2 Å². The van der Waals surface area contributed by atoms with Gasteiger partial charge in [-0.1, -0.05) is 19.1 Å². The Morgan fingerprint density at radius 3 is 2.41 bits per heavy atom. The van der Waals surface area contributed by atoms with Gasteiger partial charge in [0.05, 0.1) is 24.7 Å². The molecule has 1 N–H and O–H groups in total. The van der Waals surface area contributed by atoms with Crippen molar-refractivity contribution >= 4 is 17.9 Å². The first kappa shape index (κ1) is 19.9. The average Bonchev–Trinajstić information content (AvgIpc) is 2.67. The van der Waals surface area contributed by atoms with E-state index in [9.17, 15) is 24.8 Å². The molecule has 0 saturated heterocycles. The molecule has 2 aromatic rings. The molecule has 0 spiro atoms. The maximum Gasteiger partial charge on any atom is 0.335 e. The number of carboxylic acid groups (broad SMARTS) is 1. The van der Waals surface area contributed by atoms with Gasteiger partial charge in [-0.2, -0.15) is 0 Å². The highest BCUT2D eigenvalue weighted by molar-refractivity contribution is 5.89. The summed E-state index contributed by atoms with van der Waals surface area (Å²) in [7, 11) is 2.80. The molecule has 0 amide bonds. The van der Waals surface area contributed by atoms with E-state index in [2.05, 4.69) is 0 Å². The lowest BCUT2D eigenvalue weighted by Crippen LogP contribution is -2.09. The molecule has 8 nitrogen and oxygen atoms in total. The summed E-state index contributed by atoms with van der Waals surface area (Å²) in [4.78, 5) is 33.4. The van der Waals surface area contributed by atoms with E-state index in [-0.39, 0.29) is 22.6 Å². The fraction of sp³-hybridized carbons (Fsp3) is 0.263. The summed E-state index contributed by atoms with van der Waals surface area (Å²) in [6.07, 6.45) is 0.969. The largest absolute Gasteiger partial charge is 0.493 e. The van der Waals surface area contributed by atoms with Crippen LogP contribution < -0.4 is 9.47 Å². The lowest BCUT2D eigenvalue weighted by molar-refractivity contribution is -0.385. The molecule has 2 aromatic carbocycles. The topological polar surface area (TPSA) is 116 Å². The normalized spacial score (nSPS) is 11.5. The van der Waals surface area contributed by atoms with Gasteiger partial charge in [0.25, 0.3) is 5.69 Å². The van der Waals surface area contributed by atoms with Gasteiger partial charge >= 0.3 is 5.97 Å². The smallest absolute Gasteiger partial charge is 0.335 e. The van der Waals surface area contributed by atoms with Gasteiger partial charge in [0.15, 0.2) is 11.5 Å². The maximum atomic E-state index is 11.5. The third-order valence-electron chi connectivity index (χ3n) is 4.30. The minimum Gasteiger partial charge on any atom is -0.493 e. The predicted molar refractivity (Wildman–Crippen MR) is 97.1 cm³/mol. The first-order valence-electron chi connectivity index (χ1n) is 8.10. The van der Waals surface area contributed by atoms with Crippen LogP contribution in [0.3, 0.4) is 0 Å². The van der Waals surface area contributed by atoms with Gasteiger partial charge in [-0.25, -0.2) is 4.79 Å². The van der Waals surface area contributed by atoms with E-state index in [0.29, 0.717) is 29.6 Å². The molecule has 142 valence electrons. The van der Waals surface area contributed by atoms with Gasteiger partial charge in [-0.05, 0) is 18.6 Å². The predicted octanol–water partition coefficient (Wildman–Crippen LogP) is 3.66. The van der Waals surface area contributed by atoms with Crippen molar-refractivity contribution in [3.05, 3.63) is 62.7 Å². The molecule has 0 aliphatic carbocycles. The van der Waals surface area contributed by atoms with Crippen LogP contribution in [-0.4, -0.2) is 36.5 Å². The van der Waals surface area contributed by atoms with Crippen LogP contribution in [0.25, 0.3) is 0 Å². The number of aromatic carboxylic acids is 1. The van der Waals surface area contributed by atoms with Crippen LogP contribution in [0, 0.1) is 10.1 Å². The van der Waals surface area contributed by atoms with Crippen molar-refractivity contribution in [1.82, 2.24) is 0 Å². The molecule has 0 aromatic heterocycles. The zero-order valence-corrected chi connectivity index (χ0v) is 15.1. The second kappa shape index (κ2) is 8.31. The first-order chi connectivity index (χ1) is 12.9. The number of nitro benzene ring substituents is 1. The summed E-state index contributed by atoms with van der Waals surface area (Å²) in [5, 5.41) is 20.9. The van der Waals surface area contributed by atoms with Gasteiger partial charge in [-0.15, -0.1) is 0 Å². The molecule has 8 heteroatoms. The quantitative estimate of drug-likeness (QED) is 0.426. The molecule has 0 aliphatic heterocycles. The van der Waals surface area contributed by atoms with Crippen LogP contribution in [0.5, 0.6) is 11.5 Å². The summed E-state index contributed by atoms with van der Waals surface area (Å²) >= 11 is 0. The van der Waals surface area contributed by atoms with Crippen molar-refractivity contribution in [3.63, 3.8) is 0 Å². The SMILES string of the molecule is CCC(c1ccc(C=O)cc1[N+](=O)[O-])c1cc(C(=O)O)cc(OC)c1OC. The average molecular weight is 373 g/mol. The molecular weight excluding hydrogens is 354 g/mol. The molecule has 0 saturated carbocycles. The Balaban J connectivity index is 2.78. The standard InChI is InChI=1S/C19H19NO7/c1-4-13(14-6-5-11(10-21)7-16(14)20(24)25)15-8-12(19(22)23)9-17(26-2)18(15)27-3/h5-10,13H,4H2,1-3H3,(H,22,23). The number of benzene rings is 2. The minimum absolute atomic E-state index is 0.0201. The van der Waals surface area contributed by atoms with E-state index in [1.807, 2.05) is 6.92 Å². The van der Waals surface area contributed by atoms with Crippen LogP contribution in [0.2, 0.25) is 0 Å². The number of hydrogen-bond donors (Lipinski definition) is 1. The van der Waals surface area contributed by atoms with Gasteiger partial charge < -0.3 is 14.6 Å². The van der Waals surface area contributed by atoms with Crippen molar-refractivity contribution in [2.24, 2.45) is 0 Å². The van der Waals surface area contributed by atoms with Crippen LogP contribution in [0.4, 0.5) is 5.69 Å². The lowest BCUT2D eigenvalue weighted by Gasteiger charge is -2.21. The highest BCUT2D eigenvalue weighted by Gasteiger charge is 2.28. The Morgan fingerprint density at radius 1 is 1.22 bits per heavy atom. The monoisotopic (exact) mass is 373 g/mol. The van der Waals surface area contributed by atoms with Crippen LogP contribution in [0.15, 0.2) is 30.3 Å². The third kappa shape index (κ3) is 3.89. The number of carbonyl (C=O) groups is 2. The molecule has 1 atom stereocenters. The molecule has 0 radical (unpaired) electrons. The van der Waals surface area contributed by atoms with Gasteiger partial charge in [0.2, 0.25) is 0 Å². The van der Waals surface area contributed by atoms with E-state index in [0.717, 1.165) is 0 Å². The van der Waals surface area contributed by atoms with Crippen molar-refractivity contribution < 1.29 is 29.1 Å². The summed E-state index contributed by atoms with van der Waals surface area (Å²) < 4.78 is 10.7. The lowest BCUT2D eigenvalue weighted by atomic mass is 9.86. The highest BCUT2D eigenvalue weighted by Crippen LogP contribution is 2.43. The van der Waals surface area contributed by atoms with E-state index < -0.39 is 16.8 Å². The number of hydrogen-bond acceptors (Lipinski definition) is 6. The summed E-state index contributed by atoms with van der Waals surface area (Å²) in [6.45, 7) is 1.82. The number of rotatable bonds is 8. The van der Waals surface area contributed by atoms with Crippen molar-refractivity contribution in [2.45, 2.75) is 19.3 Å². The number of methoxy groups -OCH3 is 2. The summed E-state index contributed by atoms with van der Waals surface area (Å²) in [5.74, 6) is -1.16. The fourth-order valence-corrected chi connectivity index (χ4v) is 3.07. The molecular formula is C19H19NO7. The molecule has 0 aliphatic rings. The van der Waals surface area contributed by atoms with Gasteiger partial charge in [0.1, 0.15) is 6.29 Å². The second-order valence-corrected chi connectivity index (χ2v) is 5.76. The molecule has 0 bridgehead atoms. The van der Waals surface area contributed by atoms with Crippen LogP contribution >= 0.6 is 0 Å². The Morgan fingerprint density at radius 2 is 1.93 bits per heavy atom. The minimum atomic E-state index is -1.15. The summed E-state index contributed by atoms with van der Waals surface area (Å²) in [5.41, 5.74) is 0.764. The molecule has 1 unspecified atom stereocenters. The van der Waals surface area contributed by atoms with Crippen LogP contribution in [-0.2, 0) is 0 Å². The van der Waals surface area contributed by atoms with Crippen molar-refractivity contribution in [3.8, 4) is 11.5 Å². The van der Waals surface area contributed by atoms with Gasteiger partial charge in [0, 0.05) is 28.7 Å². The highest BCUT2D eigenvalue weighted by atomic mass is 16.6. The van der Waals surface area contributed by atoms with E-state index >= 15 is 0 Å². The van der Waals surface area contributed by atoms with E-state index in [4.69, 9.17) is 9.47 Å². The molecule has 0 heterocycles. The summed E-state index contributed by atoms with van der Waals surface area (Å²) in [6, 6.07) is 6.96. The Kier molecular flexibility index (Phi) is 6.12. The number of nitro groups is 1. The molecule has 2 rings (SSSR count). The van der Waals surface area contributed by atoms with E-state index in [1.165, 1.54) is 44.6 Å². The number of nitrogens with zero attached hydrogens (tertiary/aromatic N) is 1. The van der Waals surface area contributed by atoms with Crippen molar-refractivity contribution in [1.29, 1.82) is 0 Å². The Bertz CT molecular complexity index is 892. The Hall–Kier alpha value is -3.42. The van der Waals surface area contributed by atoms with Gasteiger partial charge in [-0.3, -0.25) is 14.9 Å². The Labute approximate surface area is 155 Å². The molecule has 0 fully saturated rings. The first-order valence-corrected chi connectivity index (χ1v) is 8.10. The zero-order chi connectivity index (χ0) is 20.1. The van der Waals surface area contributed by atoms with Crippen LogP contribution in [0.1, 0.15) is 51.1 Å².